The summed E-state index contributed by atoms with van der Waals surface area (Å²) < 4.78 is 38.2. The average molecular weight is 342 g/mol. The summed E-state index contributed by atoms with van der Waals surface area (Å²) in [5.41, 5.74) is 0. The van der Waals surface area contributed by atoms with Crippen molar-refractivity contribution in [3.63, 3.8) is 0 Å². The van der Waals surface area contributed by atoms with Gasteiger partial charge in [-0.05, 0) is 0 Å². The molecule has 0 aromatic heterocycles. The molecule has 0 N–H and O–H groups in total. The summed E-state index contributed by atoms with van der Waals surface area (Å²) in [6.07, 6.45) is 1.25. The second kappa shape index (κ2) is 8.67. The summed E-state index contributed by atoms with van der Waals surface area (Å²) in [6, 6.07) is 0. The number of hydrogen-bond donors (Lipinski definition) is 0. The fourth-order valence-corrected chi connectivity index (χ4v) is 5.66. The zero-order chi connectivity index (χ0) is 15.9. The summed E-state index contributed by atoms with van der Waals surface area (Å²) in [6.45, 7) is 1.50. The average Bonchev–Trinajstić information content (AvgIpc) is 3.34. The quantitative estimate of drug-likeness (QED) is 0.348. The van der Waals surface area contributed by atoms with Crippen LogP contribution in [0.2, 0.25) is 0 Å². The van der Waals surface area contributed by atoms with Crippen molar-refractivity contribution < 1.29 is 31.3 Å². The Bertz CT molecular complexity index is 260. The molecule has 126 valence electrons. The molecule has 0 spiro atoms. The lowest BCUT2D eigenvalue weighted by Crippen LogP contribution is -2.60. The van der Waals surface area contributed by atoms with Crippen LogP contribution in [0.15, 0.2) is 0 Å². The molecule has 1 aliphatic rings. The minimum Gasteiger partial charge on any atom is -0.376 e. The van der Waals surface area contributed by atoms with E-state index < -0.39 is 17.6 Å². The third-order valence-corrected chi connectivity index (χ3v) is 8.97. The van der Waals surface area contributed by atoms with Crippen molar-refractivity contribution >= 4 is 17.6 Å². The minimum absolute atomic E-state index is 0.222. The fourth-order valence-electron chi connectivity index (χ4n) is 2.08. The third-order valence-electron chi connectivity index (χ3n) is 3.56. The van der Waals surface area contributed by atoms with Crippen LogP contribution in [0.25, 0.3) is 0 Å². The van der Waals surface area contributed by atoms with Crippen molar-refractivity contribution in [1.29, 1.82) is 0 Å². The van der Waals surface area contributed by atoms with Crippen LogP contribution < -0.4 is 0 Å². The van der Waals surface area contributed by atoms with Gasteiger partial charge in [-0.25, -0.2) is 0 Å². The van der Waals surface area contributed by atoms with Gasteiger partial charge in [0.25, 0.3) is 0 Å². The monoisotopic (exact) mass is 341 g/mol. The molecule has 8 nitrogen and oxygen atoms in total. The minimum atomic E-state index is -2.73. The van der Waals surface area contributed by atoms with Crippen molar-refractivity contribution in [1.82, 2.24) is 4.90 Å². The Kier molecular flexibility index (Phi) is 7.91. The molecular weight excluding hydrogens is 314 g/mol. The highest BCUT2D eigenvalue weighted by Gasteiger charge is 2.47. The van der Waals surface area contributed by atoms with Gasteiger partial charge in [0.05, 0.1) is 25.0 Å². The van der Waals surface area contributed by atoms with Crippen LogP contribution in [0.3, 0.4) is 0 Å². The Labute approximate surface area is 128 Å². The SMILES string of the molecule is CO[Si](CN(CC1CO1)C[Si](OC)(OC)OC)(OC)OC. The molecule has 0 amide bonds. The molecule has 0 aliphatic carbocycles. The summed E-state index contributed by atoms with van der Waals surface area (Å²) in [5.74, 6) is 0. The lowest BCUT2D eigenvalue weighted by atomic mass is 10.4. The third kappa shape index (κ3) is 5.35. The molecule has 1 atom stereocenters. The van der Waals surface area contributed by atoms with Gasteiger partial charge < -0.3 is 31.3 Å². The number of epoxide rings is 1. The molecule has 1 unspecified atom stereocenters. The maximum atomic E-state index is 5.49. The first-order valence-corrected chi connectivity index (χ1v) is 10.5. The van der Waals surface area contributed by atoms with Gasteiger partial charge in [0.15, 0.2) is 0 Å². The second-order valence-electron chi connectivity index (χ2n) is 4.72. The Balaban J connectivity index is 2.78. The first kappa shape index (κ1) is 19.2. The van der Waals surface area contributed by atoms with Crippen molar-refractivity contribution in [3.8, 4) is 0 Å². The first-order valence-electron chi connectivity index (χ1n) is 6.67. The van der Waals surface area contributed by atoms with Crippen LogP contribution in [-0.4, -0.2) is 96.8 Å². The number of hydrogen-bond acceptors (Lipinski definition) is 8. The van der Waals surface area contributed by atoms with E-state index in [2.05, 4.69) is 4.90 Å². The summed E-state index contributed by atoms with van der Waals surface area (Å²) in [4.78, 5) is 2.11. The zero-order valence-electron chi connectivity index (χ0n) is 13.7. The standard InChI is InChI=1S/C11H27NO7Si2/c1-13-20(14-2,15-3)9-12(7-11-8-19-11)10-21(16-4,17-5)18-6/h11H,7-10H2,1-6H3. The summed E-state index contributed by atoms with van der Waals surface area (Å²) in [7, 11) is 4.11. The molecular formula is C11H27NO7Si2. The molecule has 1 rings (SSSR count). The van der Waals surface area contributed by atoms with Crippen molar-refractivity contribution in [2.75, 3.05) is 68.1 Å². The molecule has 0 aromatic carbocycles. The maximum absolute atomic E-state index is 5.49. The van der Waals surface area contributed by atoms with Crippen LogP contribution >= 0.6 is 0 Å². The van der Waals surface area contributed by atoms with E-state index in [1.54, 1.807) is 42.7 Å². The van der Waals surface area contributed by atoms with Gasteiger partial charge >= 0.3 is 17.6 Å². The molecule has 0 saturated carbocycles. The van der Waals surface area contributed by atoms with Gasteiger partial charge in [-0.15, -0.1) is 0 Å². The van der Waals surface area contributed by atoms with Crippen LogP contribution in [0.1, 0.15) is 0 Å². The largest absolute Gasteiger partial charge is 0.514 e. The van der Waals surface area contributed by atoms with E-state index in [9.17, 15) is 0 Å². The Morgan fingerprint density at radius 3 is 1.38 bits per heavy atom. The number of nitrogens with zero attached hydrogens (tertiary/aromatic N) is 1. The smallest absolute Gasteiger partial charge is 0.376 e. The number of rotatable bonds is 12. The molecule has 1 saturated heterocycles. The molecule has 1 fully saturated rings. The summed E-state index contributed by atoms with van der Waals surface area (Å²) >= 11 is 0. The molecule has 0 radical (unpaired) electrons. The van der Waals surface area contributed by atoms with Gasteiger partial charge in [-0.1, -0.05) is 0 Å². The summed E-state index contributed by atoms with van der Waals surface area (Å²) in [5, 5.41) is 0. The van der Waals surface area contributed by atoms with E-state index >= 15 is 0 Å². The Morgan fingerprint density at radius 2 is 1.14 bits per heavy atom. The topological polar surface area (TPSA) is 71.2 Å². The van der Waals surface area contributed by atoms with Crippen molar-refractivity contribution in [3.05, 3.63) is 0 Å². The Hall–Kier alpha value is 0.114. The highest BCUT2D eigenvalue weighted by Crippen LogP contribution is 2.18. The lowest BCUT2D eigenvalue weighted by Gasteiger charge is -2.34. The predicted molar refractivity (Wildman–Crippen MR) is 79.7 cm³/mol. The van der Waals surface area contributed by atoms with E-state index in [0.717, 1.165) is 13.2 Å². The van der Waals surface area contributed by atoms with Gasteiger partial charge in [0.1, 0.15) is 0 Å². The van der Waals surface area contributed by atoms with Gasteiger partial charge in [0, 0.05) is 49.2 Å². The van der Waals surface area contributed by atoms with E-state index in [-0.39, 0.29) is 6.10 Å². The van der Waals surface area contributed by atoms with Crippen LogP contribution in [0.4, 0.5) is 0 Å². The molecule has 0 aromatic rings. The van der Waals surface area contributed by atoms with Gasteiger partial charge in [-0.2, -0.15) is 0 Å². The maximum Gasteiger partial charge on any atom is 0.514 e. The van der Waals surface area contributed by atoms with E-state index in [0.29, 0.717) is 12.3 Å². The first-order chi connectivity index (χ1) is 10.0. The molecule has 1 aliphatic heterocycles. The van der Waals surface area contributed by atoms with Crippen molar-refractivity contribution in [2.24, 2.45) is 0 Å². The molecule has 10 heteroatoms. The van der Waals surface area contributed by atoms with Crippen LogP contribution in [0, 0.1) is 0 Å². The van der Waals surface area contributed by atoms with Crippen LogP contribution in [-0.2, 0) is 31.3 Å². The normalized spacial score (nSPS) is 19.3. The van der Waals surface area contributed by atoms with E-state index in [4.69, 9.17) is 31.3 Å². The van der Waals surface area contributed by atoms with Crippen molar-refractivity contribution in [2.45, 2.75) is 6.10 Å². The highest BCUT2D eigenvalue weighted by atomic mass is 28.4. The van der Waals surface area contributed by atoms with Gasteiger partial charge in [0.2, 0.25) is 0 Å². The van der Waals surface area contributed by atoms with Gasteiger partial charge in [-0.3, -0.25) is 4.90 Å². The zero-order valence-corrected chi connectivity index (χ0v) is 15.7. The second-order valence-corrected chi connectivity index (χ2v) is 10.5. The van der Waals surface area contributed by atoms with E-state index in [1.165, 1.54) is 0 Å². The number of ether oxygens (including phenoxy) is 1. The van der Waals surface area contributed by atoms with E-state index in [1.807, 2.05) is 0 Å². The molecule has 21 heavy (non-hydrogen) atoms. The van der Waals surface area contributed by atoms with Crippen LogP contribution in [0.5, 0.6) is 0 Å². The Morgan fingerprint density at radius 1 is 0.810 bits per heavy atom. The fraction of sp³-hybridized carbons (Fsp3) is 1.00. The predicted octanol–water partition coefficient (Wildman–Crippen LogP) is -0.478. The lowest BCUT2D eigenvalue weighted by molar-refractivity contribution is 0.0830. The molecule has 0 bridgehead atoms. The molecule has 1 heterocycles. The highest BCUT2D eigenvalue weighted by molar-refractivity contribution is 6.62.